The molecule has 1 saturated heterocycles. The highest BCUT2D eigenvalue weighted by atomic mass is 16.2. The molecular formula is C16H12N2O2. The van der Waals surface area contributed by atoms with Crippen molar-refractivity contribution in [2.75, 3.05) is 0 Å². The van der Waals surface area contributed by atoms with Gasteiger partial charge in [0, 0.05) is 0 Å². The Morgan fingerprint density at radius 2 is 1.85 bits per heavy atom. The molecule has 2 atom stereocenters. The topological polar surface area (TPSA) is 70.0 Å². The van der Waals surface area contributed by atoms with Crippen LogP contribution in [0.5, 0.6) is 0 Å². The van der Waals surface area contributed by atoms with Gasteiger partial charge in [0.25, 0.3) is 0 Å². The number of carbonyl (C=O) groups excluding carboxylic acids is 2. The van der Waals surface area contributed by atoms with Gasteiger partial charge < -0.3 is 0 Å². The third-order valence-corrected chi connectivity index (χ3v) is 4.03. The summed E-state index contributed by atoms with van der Waals surface area (Å²) < 4.78 is 0. The van der Waals surface area contributed by atoms with Gasteiger partial charge in [-0.05, 0) is 23.3 Å². The van der Waals surface area contributed by atoms with Crippen molar-refractivity contribution in [2.24, 2.45) is 5.92 Å². The van der Waals surface area contributed by atoms with E-state index >= 15 is 0 Å². The lowest BCUT2D eigenvalue weighted by Gasteiger charge is -2.23. The van der Waals surface area contributed by atoms with Crippen LogP contribution in [0.4, 0.5) is 0 Å². The molecule has 0 aliphatic carbocycles. The minimum Gasteiger partial charge on any atom is -0.294 e. The summed E-state index contributed by atoms with van der Waals surface area (Å²) in [4.78, 5) is 23.8. The van der Waals surface area contributed by atoms with Gasteiger partial charge >= 0.3 is 0 Å². The van der Waals surface area contributed by atoms with Crippen molar-refractivity contribution in [1.82, 2.24) is 5.32 Å². The van der Waals surface area contributed by atoms with Crippen LogP contribution in [0.2, 0.25) is 0 Å². The van der Waals surface area contributed by atoms with Crippen LogP contribution < -0.4 is 5.32 Å². The fourth-order valence-corrected chi connectivity index (χ4v) is 2.71. The molecular weight excluding hydrogens is 252 g/mol. The Balaban J connectivity index is 2.21. The van der Waals surface area contributed by atoms with Gasteiger partial charge in [-0.25, -0.2) is 0 Å². The van der Waals surface area contributed by atoms with E-state index in [1.165, 1.54) is 0 Å². The van der Waals surface area contributed by atoms with Crippen molar-refractivity contribution in [3.8, 4) is 6.07 Å². The maximum absolute atomic E-state index is 12.1. The number of nitriles is 1. The number of imide groups is 1. The fraction of sp³-hybridized carbons (Fsp3) is 0.188. The van der Waals surface area contributed by atoms with E-state index in [1.54, 1.807) is 6.92 Å². The van der Waals surface area contributed by atoms with Crippen molar-refractivity contribution in [3.63, 3.8) is 0 Å². The van der Waals surface area contributed by atoms with E-state index in [1.807, 2.05) is 48.5 Å². The van der Waals surface area contributed by atoms with E-state index in [-0.39, 0.29) is 0 Å². The van der Waals surface area contributed by atoms with Crippen LogP contribution in [-0.2, 0) is 15.0 Å². The molecule has 1 N–H and O–H groups in total. The molecule has 20 heavy (non-hydrogen) atoms. The maximum Gasteiger partial charge on any atom is 0.245 e. The summed E-state index contributed by atoms with van der Waals surface area (Å²) in [6.45, 7) is 1.64. The molecule has 0 bridgehead atoms. The first-order chi connectivity index (χ1) is 9.57. The van der Waals surface area contributed by atoms with Crippen LogP contribution >= 0.6 is 0 Å². The lowest BCUT2D eigenvalue weighted by Crippen LogP contribution is -2.36. The zero-order valence-electron chi connectivity index (χ0n) is 10.9. The van der Waals surface area contributed by atoms with Gasteiger partial charge in [-0.3, -0.25) is 14.9 Å². The van der Waals surface area contributed by atoms with Crippen molar-refractivity contribution in [1.29, 1.82) is 5.26 Å². The van der Waals surface area contributed by atoms with Gasteiger partial charge in [-0.2, -0.15) is 5.26 Å². The third kappa shape index (κ3) is 1.53. The highest BCUT2D eigenvalue weighted by molar-refractivity contribution is 6.11. The van der Waals surface area contributed by atoms with Crippen molar-refractivity contribution < 1.29 is 9.59 Å². The van der Waals surface area contributed by atoms with Gasteiger partial charge in [-0.1, -0.05) is 42.5 Å². The van der Waals surface area contributed by atoms with Gasteiger partial charge in [0.1, 0.15) is 5.92 Å². The molecule has 1 fully saturated rings. The predicted molar refractivity (Wildman–Crippen MR) is 73.6 cm³/mol. The molecule has 98 valence electrons. The Morgan fingerprint density at radius 1 is 1.15 bits per heavy atom. The molecule has 2 unspecified atom stereocenters. The average molecular weight is 264 g/mol. The second-order valence-electron chi connectivity index (χ2n) is 5.14. The Bertz CT molecular complexity index is 775. The Kier molecular flexibility index (Phi) is 2.58. The van der Waals surface area contributed by atoms with Crippen molar-refractivity contribution in [3.05, 3.63) is 48.0 Å². The second kappa shape index (κ2) is 4.17. The van der Waals surface area contributed by atoms with Crippen LogP contribution in [0.25, 0.3) is 10.8 Å². The number of nitrogens with zero attached hydrogens (tertiary/aromatic N) is 1. The van der Waals surface area contributed by atoms with E-state index in [0.717, 1.165) is 10.8 Å². The molecule has 0 saturated carbocycles. The predicted octanol–water partition coefficient (Wildman–Crippen LogP) is 1.89. The molecule has 1 aliphatic rings. The van der Waals surface area contributed by atoms with E-state index < -0.39 is 23.1 Å². The minimum absolute atomic E-state index is 0.413. The highest BCUT2D eigenvalue weighted by Gasteiger charge is 2.53. The van der Waals surface area contributed by atoms with Gasteiger partial charge in [0.2, 0.25) is 11.8 Å². The lowest BCUT2D eigenvalue weighted by molar-refractivity contribution is -0.126. The highest BCUT2D eigenvalue weighted by Crippen LogP contribution is 2.37. The molecule has 4 heteroatoms. The van der Waals surface area contributed by atoms with Crippen molar-refractivity contribution in [2.45, 2.75) is 12.3 Å². The van der Waals surface area contributed by atoms with E-state index in [0.29, 0.717) is 5.56 Å². The molecule has 0 aromatic heterocycles. The molecule has 1 aliphatic heterocycles. The van der Waals surface area contributed by atoms with Crippen LogP contribution in [0.3, 0.4) is 0 Å². The van der Waals surface area contributed by atoms with Crippen molar-refractivity contribution >= 4 is 22.6 Å². The van der Waals surface area contributed by atoms with Gasteiger partial charge in [0.15, 0.2) is 0 Å². The lowest BCUT2D eigenvalue weighted by atomic mass is 9.73. The second-order valence-corrected chi connectivity index (χ2v) is 5.14. The first-order valence-electron chi connectivity index (χ1n) is 6.31. The molecule has 2 aromatic carbocycles. The fourth-order valence-electron chi connectivity index (χ4n) is 2.71. The summed E-state index contributed by atoms with van der Waals surface area (Å²) in [5, 5.41) is 13.5. The van der Waals surface area contributed by atoms with E-state index in [2.05, 4.69) is 5.32 Å². The molecule has 2 amide bonds. The number of rotatable bonds is 1. The van der Waals surface area contributed by atoms with Crippen LogP contribution in [0, 0.1) is 17.2 Å². The molecule has 0 spiro atoms. The first kappa shape index (κ1) is 12.4. The van der Waals surface area contributed by atoms with E-state index in [4.69, 9.17) is 0 Å². The zero-order valence-corrected chi connectivity index (χ0v) is 10.9. The van der Waals surface area contributed by atoms with Crippen LogP contribution in [0.1, 0.15) is 12.5 Å². The minimum atomic E-state index is -1.13. The number of carbonyl (C=O) groups is 2. The molecule has 0 radical (unpaired) electrons. The first-order valence-corrected chi connectivity index (χ1v) is 6.31. The van der Waals surface area contributed by atoms with Gasteiger partial charge in [-0.15, -0.1) is 0 Å². The maximum atomic E-state index is 12.1. The number of hydrogen-bond acceptors (Lipinski definition) is 3. The zero-order chi connectivity index (χ0) is 14.3. The van der Waals surface area contributed by atoms with E-state index in [9.17, 15) is 14.9 Å². The summed E-state index contributed by atoms with van der Waals surface area (Å²) in [7, 11) is 0. The quantitative estimate of drug-likeness (QED) is 0.800. The molecule has 3 rings (SSSR count). The molecule has 4 nitrogen and oxygen atoms in total. The van der Waals surface area contributed by atoms with Gasteiger partial charge in [0.05, 0.1) is 11.5 Å². The third-order valence-electron chi connectivity index (χ3n) is 4.03. The summed E-state index contributed by atoms with van der Waals surface area (Å²) >= 11 is 0. The summed E-state index contributed by atoms with van der Waals surface area (Å²) in [6.07, 6.45) is 0. The number of amides is 2. The smallest absolute Gasteiger partial charge is 0.245 e. The average Bonchev–Trinajstić information content (AvgIpc) is 2.68. The Hall–Kier alpha value is -2.67. The number of fused-ring (bicyclic) bond motifs is 1. The van der Waals surface area contributed by atoms with Crippen LogP contribution in [0.15, 0.2) is 42.5 Å². The van der Waals surface area contributed by atoms with Crippen LogP contribution in [-0.4, -0.2) is 11.8 Å². The molecule has 2 aromatic rings. The number of hydrogen-bond donors (Lipinski definition) is 1. The standard InChI is InChI=1S/C16H12N2O2/c1-16(13(9-17)14(19)18-15(16)20)12-7-6-10-4-2-3-5-11(10)8-12/h2-8,13H,1H3,(H,18,19,20). The number of nitrogens with one attached hydrogen (secondary N) is 1. The summed E-state index contributed by atoms with van der Waals surface area (Å²) in [5.41, 5.74) is -0.443. The monoisotopic (exact) mass is 264 g/mol. The Morgan fingerprint density at radius 3 is 2.55 bits per heavy atom. The SMILES string of the molecule is CC1(c2ccc3ccccc3c2)C(=O)NC(=O)C1C#N. The number of benzene rings is 2. The summed E-state index contributed by atoms with van der Waals surface area (Å²) in [5.74, 6) is -1.92. The molecule has 1 heterocycles. The Labute approximate surface area is 116 Å². The normalized spacial score (nSPS) is 25.5. The largest absolute Gasteiger partial charge is 0.294 e. The summed E-state index contributed by atoms with van der Waals surface area (Å²) in [6, 6.07) is 15.3.